The molecule has 6 nitrogen and oxygen atoms in total. The molecule has 0 atom stereocenters. The van der Waals surface area contributed by atoms with Crippen molar-refractivity contribution in [1.82, 2.24) is 14.9 Å². The predicted octanol–water partition coefficient (Wildman–Crippen LogP) is 2.33. The lowest BCUT2D eigenvalue weighted by molar-refractivity contribution is 0.279. The summed E-state index contributed by atoms with van der Waals surface area (Å²) in [6.45, 7) is 6.39. The molecule has 2 fully saturated rings. The average Bonchev–Trinajstić information content (AvgIpc) is 3.08. The quantitative estimate of drug-likeness (QED) is 0.531. The van der Waals surface area contributed by atoms with Crippen molar-refractivity contribution in [3.8, 4) is 0 Å². The predicted molar refractivity (Wildman–Crippen MR) is 104 cm³/mol. The zero-order valence-electron chi connectivity index (χ0n) is 16.2. The van der Waals surface area contributed by atoms with Crippen LogP contribution in [0.3, 0.4) is 0 Å². The molecule has 0 spiro atoms. The zero-order valence-corrected chi connectivity index (χ0v) is 17.0. The smallest absolute Gasteiger partial charge is 0.214 e. The highest BCUT2D eigenvalue weighted by Gasteiger charge is 2.32. The Morgan fingerprint density at radius 3 is 2.36 bits per heavy atom. The Morgan fingerprint density at radius 2 is 1.84 bits per heavy atom. The van der Waals surface area contributed by atoms with Crippen LogP contribution in [-0.2, 0) is 10.0 Å². The van der Waals surface area contributed by atoms with Gasteiger partial charge in [0.15, 0.2) is 5.96 Å². The molecule has 2 rings (SSSR count). The Hall–Kier alpha value is -0.820. The molecule has 0 unspecified atom stereocenters. The second-order valence-corrected chi connectivity index (χ2v) is 9.71. The lowest BCUT2D eigenvalue weighted by atomic mass is 9.83. The Balaban J connectivity index is 1.79. The van der Waals surface area contributed by atoms with Crippen LogP contribution < -0.4 is 10.6 Å². The van der Waals surface area contributed by atoms with Crippen molar-refractivity contribution in [2.75, 3.05) is 32.4 Å². The molecule has 1 saturated heterocycles. The monoisotopic (exact) mass is 372 g/mol. The summed E-state index contributed by atoms with van der Waals surface area (Å²) in [5, 5.41) is 7.01. The molecule has 0 amide bonds. The van der Waals surface area contributed by atoms with E-state index in [2.05, 4.69) is 22.5 Å². The summed E-state index contributed by atoms with van der Waals surface area (Å²) in [6, 6.07) is 0.292. The number of nitrogens with zero attached hydrogens (tertiary/aromatic N) is 2. The minimum Gasteiger partial charge on any atom is -0.356 e. The Bertz CT molecular complexity index is 533. The number of piperidine rings is 1. The number of aliphatic imine (C=N–C) groups is 1. The van der Waals surface area contributed by atoms with Crippen LogP contribution in [0.4, 0.5) is 0 Å². The minimum absolute atomic E-state index is 0.257. The van der Waals surface area contributed by atoms with E-state index in [-0.39, 0.29) is 5.75 Å². The van der Waals surface area contributed by atoms with E-state index in [9.17, 15) is 8.42 Å². The van der Waals surface area contributed by atoms with Crippen LogP contribution in [0.15, 0.2) is 4.99 Å². The van der Waals surface area contributed by atoms with Gasteiger partial charge in [-0.2, -0.15) is 0 Å². The molecule has 0 radical (unpaired) electrons. The van der Waals surface area contributed by atoms with Gasteiger partial charge in [-0.25, -0.2) is 12.7 Å². The molecule has 7 heteroatoms. The first-order valence-corrected chi connectivity index (χ1v) is 11.5. The highest BCUT2D eigenvalue weighted by Crippen LogP contribution is 2.40. The van der Waals surface area contributed by atoms with Crippen LogP contribution >= 0.6 is 0 Å². The second-order valence-electron chi connectivity index (χ2n) is 7.62. The first-order valence-electron chi connectivity index (χ1n) is 9.90. The lowest BCUT2D eigenvalue weighted by Crippen LogP contribution is -2.51. The molecular formula is C18H36N4O2S. The van der Waals surface area contributed by atoms with Gasteiger partial charge in [0.25, 0.3) is 0 Å². The summed E-state index contributed by atoms with van der Waals surface area (Å²) in [5.41, 5.74) is 0.426. The largest absolute Gasteiger partial charge is 0.356 e. The van der Waals surface area contributed by atoms with Gasteiger partial charge in [-0.3, -0.25) is 4.99 Å². The molecule has 0 aromatic carbocycles. The summed E-state index contributed by atoms with van der Waals surface area (Å²) >= 11 is 0. The molecule has 1 aliphatic heterocycles. The molecule has 1 saturated carbocycles. The summed E-state index contributed by atoms with van der Waals surface area (Å²) in [7, 11) is -1.26. The standard InChI is InChI=1S/C18H36N4O2S/c1-4-14-25(23,24)22-12-8-16(9-13-22)21-17(19-3)20-15-18(5-2)10-6-7-11-18/h16H,4-15H2,1-3H3,(H2,19,20,21). The fraction of sp³-hybridized carbons (Fsp3) is 0.944. The van der Waals surface area contributed by atoms with Gasteiger partial charge >= 0.3 is 0 Å². The lowest BCUT2D eigenvalue weighted by Gasteiger charge is -2.33. The van der Waals surface area contributed by atoms with E-state index >= 15 is 0 Å². The van der Waals surface area contributed by atoms with Gasteiger partial charge in [0, 0.05) is 32.7 Å². The van der Waals surface area contributed by atoms with Gasteiger partial charge in [0.1, 0.15) is 0 Å². The number of sulfonamides is 1. The fourth-order valence-electron chi connectivity index (χ4n) is 4.10. The van der Waals surface area contributed by atoms with E-state index in [0.717, 1.165) is 25.3 Å². The molecule has 1 heterocycles. The molecule has 146 valence electrons. The van der Waals surface area contributed by atoms with E-state index in [4.69, 9.17) is 0 Å². The van der Waals surface area contributed by atoms with E-state index in [1.165, 1.54) is 32.1 Å². The zero-order chi connectivity index (χ0) is 18.3. The first kappa shape index (κ1) is 20.5. The van der Waals surface area contributed by atoms with Crippen LogP contribution in [0.2, 0.25) is 0 Å². The van der Waals surface area contributed by atoms with Gasteiger partial charge in [-0.1, -0.05) is 26.7 Å². The van der Waals surface area contributed by atoms with Crippen LogP contribution in [-0.4, -0.2) is 57.2 Å². The Kier molecular flexibility index (Phi) is 7.55. The van der Waals surface area contributed by atoms with Crippen molar-refractivity contribution >= 4 is 16.0 Å². The SMILES string of the molecule is CCCS(=O)(=O)N1CCC(NC(=NC)NCC2(CC)CCCC2)CC1. The molecule has 0 aromatic rings. The average molecular weight is 373 g/mol. The van der Waals surface area contributed by atoms with E-state index in [1.807, 2.05) is 14.0 Å². The van der Waals surface area contributed by atoms with Crippen molar-refractivity contribution in [2.24, 2.45) is 10.4 Å². The number of guanidine groups is 1. The number of hydrogen-bond donors (Lipinski definition) is 2. The van der Waals surface area contributed by atoms with E-state index < -0.39 is 10.0 Å². The summed E-state index contributed by atoms with van der Waals surface area (Å²) in [6.07, 6.45) is 8.85. The minimum atomic E-state index is -3.06. The van der Waals surface area contributed by atoms with E-state index in [0.29, 0.717) is 31.0 Å². The summed E-state index contributed by atoms with van der Waals surface area (Å²) < 4.78 is 26.0. The van der Waals surface area contributed by atoms with Crippen molar-refractivity contribution in [3.63, 3.8) is 0 Å². The number of nitrogens with one attached hydrogen (secondary N) is 2. The van der Waals surface area contributed by atoms with Gasteiger partial charge in [0.05, 0.1) is 5.75 Å². The number of hydrogen-bond acceptors (Lipinski definition) is 3. The third-order valence-electron chi connectivity index (χ3n) is 5.92. The molecular weight excluding hydrogens is 336 g/mol. The van der Waals surface area contributed by atoms with Crippen LogP contribution in [0, 0.1) is 5.41 Å². The van der Waals surface area contributed by atoms with Crippen molar-refractivity contribution < 1.29 is 8.42 Å². The summed E-state index contributed by atoms with van der Waals surface area (Å²) in [5.74, 6) is 1.11. The van der Waals surface area contributed by atoms with Gasteiger partial charge in [0.2, 0.25) is 10.0 Å². The fourth-order valence-corrected chi connectivity index (χ4v) is 5.65. The van der Waals surface area contributed by atoms with Gasteiger partial charge < -0.3 is 10.6 Å². The van der Waals surface area contributed by atoms with Crippen molar-refractivity contribution in [2.45, 2.75) is 71.3 Å². The molecule has 1 aliphatic carbocycles. The first-order chi connectivity index (χ1) is 11.9. The van der Waals surface area contributed by atoms with Gasteiger partial charge in [-0.15, -0.1) is 0 Å². The van der Waals surface area contributed by atoms with Crippen molar-refractivity contribution in [1.29, 1.82) is 0 Å². The van der Waals surface area contributed by atoms with Crippen molar-refractivity contribution in [3.05, 3.63) is 0 Å². The van der Waals surface area contributed by atoms with E-state index in [1.54, 1.807) is 4.31 Å². The molecule has 25 heavy (non-hydrogen) atoms. The summed E-state index contributed by atoms with van der Waals surface area (Å²) in [4.78, 5) is 4.37. The highest BCUT2D eigenvalue weighted by molar-refractivity contribution is 7.89. The normalized spacial score (nSPS) is 22.9. The molecule has 0 bridgehead atoms. The van der Waals surface area contributed by atoms with Crippen LogP contribution in [0.25, 0.3) is 0 Å². The molecule has 0 aromatic heterocycles. The maximum Gasteiger partial charge on any atom is 0.214 e. The van der Waals surface area contributed by atoms with Crippen LogP contribution in [0.5, 0.6) is 0 Å². The topological polar surface area (TPSA) is 73.8 Å². The Morgan fingerprint density at radius 1 is 1.20 bits per heavy atom. The second kappa shape index (κ2) is 9.21. The third kappa shape index (κ3) is 5.58. The molecule has 2 N–H and O–H groups in total. The maximum atomic E-state index is 12.2. The highest BCUT2D eigenvalue weighted by atomic mass is 32.2. The van der Waals surface area contributed by atoms with Crippen LogP contribution in [0.1, 0.15) is 65.2 Å². The van der Waals surface area contributed by atoms with Gasteiger partial charge in [-0.05, 0) is 43.9 Å². The molecule has 2 aliphatic rings. The number of rotatable bonds is 7. The Labute approximate surface area is 153 Å². The third-order valence-corrected chi connectivity index (χ3v) is 7.99. The maximum absolute atomic E-state index is 12.2.